The van der Waals surface area contributed by atoms with Gasteiger partial charge in [-0.1, -0.05) is 12.1 Å². The summed E-state index contributed by atoms with van der Waals surface area (Å²) in [6.07, 6.45) is 2.20. The van der Waals surface area contributed by atoms with Gasteiger partial charge in [0, 0.05) is 18.3 Å². The Morgan fingerprint density at radius 2 is 2.05 bits per heavy atom. The van der Waals surface area contributed by atoms with Gasteiger partial charge in [-0.25, -0.2) is 4.39 Å². The van der Waals surface area contributed by atoms with E-state index < -0.39 is 0 Å². The van der Waals surface area contributed by atoms with Gasteiger partial charge >= 0.3 is 0 Å². The van der Waals surface area contributed by atoms with Crippen LogP contribution in [0.3, 0.4) is 0 Å². The summed E-state index contributed by atoms with van der Waals surface area (Å²) in [4.78, 5) is 2.17. The number of nitrogen functional groups attached to an aromatic ring is 1. The first-order valence-corrected chi connectivity index (χ1v) is 6.98. The summed E-state index contributed by atoms with van der Waals surface area (Å²) in [6.45, 7) is 0.677. The molecule has 0 aliphatic heterocycles. The number of nitriles is 1. The topological polar surface area (TPSA) is 53.0 Å². The van der Waals surface area contributed by atoms with Gasteiger partial charge in [-0.3, -0.25) is 0 Å². The van der Waals surface area contributed by atoms with Gasteiger partial charge in [-0.15, -0.1) is 0 Å². The quantitative estimate of drug-likeness (QED) is 0.873. The summed E-state index contributed by atoms with van der Waals surface area (Å²) < 4.78 is 13.3. The van der Waals surface area contributed by atoms with E-state index in [1.807, 2.05) is 24.3 Å². The molecule has 2 aromatic rings. The molecule has 0 amide bonds. The fourth-order valence-electron chi connectivity index (χ4n) is 2.53. The molecule has 0 saturated heterocycles. The third kappa shape index (κ3) is 2.97. The average molecular weight is 281 g/mol. The molecule has 4 heteroatoms. The molecule has 1 fully saturated rings. The van der Waals surface area contributed by atoms with E-state index in [2.05, 4.69) is 11.0 Å². The molecule has 21 heavy (non-hydrogen) atoms. The summed E-state index contributed by atoms with van der Waals surface area (Å²) in [5.74, 6) is -0.380. The van der Waals surface area contributed by atoms with Crippen LogP contribution in [0.2, 0.25) is 0 Å². The summed E-state index contributed by atoms with van der Waals surface area (Å²) in [5.41, 5.74) is 8.81. The van der Waals surface area contributed by atoms with Crippen molar-refractivity contribution in [3.63, 3.8) is 0 Å². The van der Waals surface area contributed by atoms with Crippen LogP contribution in [0.15, 0.2) is 42.5 Å². The van der Waals surface area contributed by atoms with Crippen molar-refractivity contribution in [2.24, 2.45) is 0 Å². The van der Waals surface area contributed by atoms with E-state index in [0.29, 0.717) is 18.2 Å². The molecule has 0 spiro atoms. The molecule has 1 aliphatic carbocycles. The summed E-state index contributed by atoms with van der Waals surface area (Å²) >= 11 is 0. The zero-order chi connectivity index (χ0) is 14.8. The minimum absolute atomic E-state index is 0.380. The molecule has 3 rings (SSSR count). The lowest BCUT2D eigenvalue weighted by Crippen LogP contribution is -2.26. The second-order valence-corrected chi connectivity index (χ2v) is 5.38. The van der Waals surface area contributed by atoms with Crippen molar-refractivity contribution in [1.82, 2.24) is 0 Å². The lowest BCUT2D eigenvalue weighted by Gasteiger charge is -2.26. The van der Waals surface area contributed by atoms with Gasteiger partial charge < -0.3 is 10.6 Å². The average Bonchev–Trinajstić information content (AvgIpc) is 3.29. The van der Waals surface area contributed by atoms with Crippen LogP contribution in [0.4, 0.5) is 15.8 Å². The van der Waals surface area contributed by atoms with Crippen molar-refractivity contribution in [3.05, 3.63) is 59.4 Å². The molecule has 0 bridgehead atoms. The fraction of sp³-hybridized carbons (Fsp3) is 0.235. The highest BCUT2D eigenvalue weighted by Crippen LogP contribution is 2.35. The Kier molecular flexibility index (Phi) is 3.49. The number of nitrogens with two attached hydrogens (primary N) is 1. The van der Waals surface area contributed by atoms with Crippen molar-refractivity contribution in [3.8, 4) is 6.07 Å². The summed E-state index contributed by atoms with van der Waals surface area (Å²) in [5, 5.41) is 9.24. The second kappa shape index (κ2) is 5.45. The van der Waals surface area contributed by atoms with Gasteiger partial charge in [-0.05, 0) is 48.7 Å². The number of nitrogens with zero attached hydrogens (tertiary/aromatic N) is 2. The molecule has 0 unspecified atom stereocenters. The highest BCUT2D eigenvalue weighted by atomic mass is 19.1. The molecule has 106 valence electrons. The third-order valence-corrected chi connectivity index (χ3v) is 3.68. The van der Waals surface area contributed by atoms with Crippen molar-refractivity contribution in [2.45, 2.75) is 25.4 Å². The smallest absolute Gasteiger partial charge is 0.124 e. The van der Waals surface area contributed by atoms with Crippen molar-refractivity contribution in [2.75, 3.05) is 10.6 Å². The van der Waals surface area contributed by atoms with Gasteiger partial charge in [0.1, 0.15) is 11.9 Å². The first-order valence-electron chi connectivity index (χ1n) is 6.98. The number of benzene rings is 2. The number of halogens is 1. The Morgan fingerprint density at radius 1 is 1.24 bits per heavy atom. The Morgan fingerprint density at radius 3 is 2.71 bits per heavy atom. The lowest BCUT2D eigenvalue weighted by molar-refractivity contribution is 0.626. The van der Waals surface area contributed by atoms with E-state index in [-0.39, 0.29) is 5.82 Å². The van der Waals surface area contributed by atoms with E-state index in [0.717, 1.165) is 29.8 Å². The maximum atomic E-state index is 13.3. The standard InChI is InChI=1S/C17H16FN3/c18-14-4-7-17(13(9-14)10-19)21(16-5-6-16)11-12-2-1-3-15(20)8-12/h1-4,7-9,16H,5-6,11,20H2. The van der Waals surface area contributed by atoms with Crippen LogP contribution in [0.5, 0.6) is 0 Å². The predicted octanol–water partition coefficient (Wildman–Crippen LogP) is 3.45. The maximum absolute atomic E-state index is 13.3. The van der Waals surface area contributed by atoms with Gasteiger partial charge in [0.05, 0.1) is 11.3 Å². The number of hydrogen-bond acceptors (Lipinski definition) is 3. The molecule has 1 aliphatic rings. The molecule has 0 aromatic heterocycles. The first-order chi connectivity index (χ1) is 10.2. The molecular formula is C17H16FN3. The fourth-order valence-corrected chi connectivity index (χ4v) is 2.53. The van der Waals surface area contributed by atoms with Crippen molar-refractivity contribution >= 4 is 11.4 Å². The minimum atomic E-state index is -0.380. The van der Waals surface area contributed by atoms with E-state index in [9.17, 15) is 9.65 Å². The van der Waals surface area contributed by atoms with E-state index in [4.69, 9.17) is 5.73 Å². The largest absolute Gasteiger partial charge is 0.399 e. The normalized spacial score (nSPS) is 13.7. The molecule has 0 heterocycles. The molecule has 0 atom stereocenters. The van der Waals surface area contributed by atoms with Crippen LogP contribution < -0.4 is 10.6 Å². The van der Waals surface area contributed by atoms with E-state index >= 15 is 0 Å². The monoisotopic (exact) mass is 281 g/mol. The predicted molar refractivity (Wildman–Crippen MR) is 81.2 cm³/mol. The molecule has 3 nitrogen and oxygen atoms in total. The van der Waals surface area contributed by atoms with Crippen LogP contribution in [-0.2, 0) is 6.54 Å². The van der Waals surface area contributed by atoms with Gasteiger partial charge in [0.15, 0.2) is 0 Å². The first kappa shape index (κ1) is 13.4. The van der Waals surface area contributed by atoms with Crippen LogP contribution >= 0.6 is 0 Å². The minimum Gasteiger partial charge on any atom is -0.399 e. The van der Waals surface area contributed by atoms with E-state index in [1.165, 1.54) is 12.1 Å². The van der Waals surface area contributed by atoms with Crippen molar-refractivity contribution in [1.29, 1.82) is 5.26 Å². The third-order valence-electron chi connectivity index (χ3n) is 3.68. The summed E-state index contributed by atoms with van der Waals surface area (Å²) in [6, 6.07) is 14.6. The number of hydrogen-bond donors (Lipinski definition) is 1. The highest BCUT2D eigenvalue weighted by molar-refractivity contribution is 5.61. The Bertz CT molecular complexity index is 701. The Hall–Kier alpha value is -2.54. The molecular weight excluding hydrogens is 265 g/mol. The van der Waals surface area contributed by atoms with Crippen LogP contribution in [-0.4, -0.2) is 6.04 Å². The second-order valence-electron chi connectivity index (χ2n) is 5.38. The number of rotatable bonds is 4. The SMILES string of the molecule is N#Cc1cc(F)ccc1N(Cc1cccc(N)c1)C1CC1. The van der Waals surface area contributed by atoms with E-state index in [1.54, 1.807) is 6.07 Å². The van der Waals surface area contributed by atoms with Crippen molar-refractivity contribution < 1.29 is 4.39 Å². The lowest BCUT2D eigenvalue weighted by atomic mass is 10.1. The highest BCUT2D eigenvalue weighted by Gasteiger charge is 2.30. The molecule has 0 radical (unpaired) electrons. The molecule has 2 N–H and O–H groups in total. The van der Waals surface area contributed by atoms with Crippen LogP contribution in [0, 0.1) is 17.1 Å². The number of anilines is 2. The zero-order valence-electron chi connectivity index (χ0n) is 11.6. The molecule has 2 aromatic carbocycles. The zero-order valence-corrected chi connectivity index (χ0v) is 11.6. The molecule has 1 saturated carbocycles. The van der Waals surface area contributed by atoms with Crippen LogP contribution in [0.1, 0.15) is 24.0 Å². The Labute approximate surface area is 123 Å². The Balaban J connectivity index is 1.94. The summed E-state index contributed by atoms with van der Waals surface area (Å²) in [7, 11) is 0. The maximum Gasteiger partial charge on any atom is 0.124 e. The van der Waals surface area contributed by atoms with Gasteiger partial charge in [0.25, 0.3) is 0 Å². The van der Waals surface area contributed by atoms with Gasteiger partial charge in [-0.2, -0.15) is 5.26 Å². The van der Waals surface area contributed by atoms with Crippen LogP contribution in [0.25, 0.3) is 0 Å². The van der Waals surface area contributed by atoms with Gasteiger partial charge in [0.2, 0.25) is 0 Å².